The van der Waals surface area contributed by atoms with Crippen molar-refractivity contribution in [2.24, 2.45) is 0 Å². The van der Waals surface area contributed by atoms with Gasteiger partial charge in [0.15, 0.2) is 5.65 Å². The van der Waals surface area contributed by atoms with Gasteiger partial charge in [0.05, 0.1) is 5.37 Å². The first-order chi connectivity index (χ1) is 10.4. The minimum atomic E-state index is 0.511. The molecule has 0 spiro atoms. The molecule has 2 aromatic heterocycles. The Bertz CT molecular complexity index is 615. The Labute approximate surface area is 129 Å². The third kappa shape index (κ3) is 2.57. The van der Waals surface area contributed by atoms with Gasteiger partial charge in [0.25, 0.3) is 0 Å². The van der Waals surface area contributed by atoms with E-state index in [1.807, 2.05) is 12.3 Å². The molecule has 0 aromatic carbocycles. The van der Waals surface area contributed by atoms with Crippen LogP contribution in [0, 0.1) is 0 Å². The molecule has 1 unspecified atom stereocenters. The van der Waals surface area contributed by atoms with Gasteiger partial charge in [0, 0.05) is 25.3 Å². The lowest BCUT2D eigenvalue weighted by molar-refractivity contribution is 0.0828. The van der Waals surface area contributed by atoms with Gasteiger partial charge in [0.1, 0.15) is 11.3 Å². The van der Waals surface area contributed by atoms with E-state index in [0.29, 0.717) is 11.3 Å². The average Bonchev–Trinajstić information content (AvgIpc) is 2.96. The fourth-order valence-electron chi connectivity index (χ4n) is 3.40. The highest BCUT2D eigenvalue weighted by Crippen LogP contribution is 2.39. The van der Waals surface area contributed by atoms with Crippen LogP contribution in [-0.4, -0.2) is 33.5 Å². The predicted octanol–water partition coefficient (Wildman–Crippen LogP) is 3.74. The highest BCUT2D eigenvalue weighted by molar-refractivity contribution is 7.99. The van der Waals surface area contributed by atoms with Gasteiger partial charge in [-0.2, -0.15) is 0 Å². The lowest BCUT2D eigenvalue weighted by Crippen LogP contribution is -2.21. The molecule has 1 atom stereocenters. The smallest absolute Gasteiger partial charge is 0.160 e. The molecule has 112 valence electrons. The first-order valence-corrected chi connectivity index (χ1v) is 9.00. The van der Waals surface area contributed by atoms with E-state index >= 15 is 0 Å². The number of aromatic nitrogens is 3. The zero-order valence-electron chi connectivity index (χ0n) is 12.2. The van der Waals surface area contributed by atoms with Crippen molar-refractivity contribution in [1.82, 2.24) is 14.5 Å². The summed E-state index contributed by atoms with van der Waals surface area (Å²) >= 11 is 2.07. The second kappa shape index (κ2) is 5.97. The molecule has 4 rings (SSSR count). The van der Waals surface area contributed by atoms with E-state index in [4.69, 9.17) is 9.72 Å². The maximum atomic E-state index is 5.52. The average molecular weight is 303 g/mol. The van der Waals surface area contributed by atoms with Crippen LogP contribution < -0.4 is 0 Å². The highest BCUT2D eigenvalue weighted by atomic mass is 32.2. The van der Waals surface area contributed by atoms with Crippen molar-refractivity contribution in [2.75, 3.05) is 19.0 Å². The lowest BCUT2D eigenvalue weighted by Gasteiger charge is -2.28. The summed E-state index contributed by atoms with van der Waals surface area (Å²) in [4.78, 5) is 9.57. The summed E-state index contributed by atoms with van der Waals surface area (Å²) in [5, 5.41) is 0.511. The van der Waals surface area contributed by atoms with Crippen molar-refractivity contribution in [3.8, 4) is 0 Å². The summed E-state index contributed by atoms with van der Waals surface area (Å²) in [5.74, 6) is 3.02. The molecule has 0 bridgehead atoms. The molecule has 4 nitrogen and oxygen atoms in total. The first kappa shape index (κ1) is 13.6. The molecule has 0 N–H and O–H groups in total. The van der Waals surface area contributed by atoms with Gasteiger partial charge < -0.3 is 4.74 Å². The van der Waals surface area contributed by atoms with E-state index in [9.17, 15) is 0 Å². The van der Waals surface area contributed by atoms with Gasteiger partial charge in [-0.25, -0.2) is 9.97 Å². The highest BCUT2D eigenvalue weighted by Gasteiger charge is 2.28. The summed E-state index contributed by atoms with van der Waals surface area (Å²) in [6, 6.07) is 4.08. The number of pyridine rings is 1. The SMILES string of the molecule is c1cnc2c(c1)nc(C1CCOCC1)n2C1CCCCS1. The minimum Gasteiger partial charge on any atom is -0.381 e. The second-order valence-electron chi connectivity index (χ2n) is 5.89. The van der Waals surface area contributed by atoms with Crippen molar-refractivity contribution < 1.29 is 4.74 Å². The van der Waals surface area contributed by atoms with Gasteiger partial charge >= 0.3 is 0 Å². The van der Waals surface area contributed by atoms with Crippen LogP contribution in [0.2, 0.25) is 0 Å². The monoisotopic (exact) mass is 303 g/mol. The maximum Gasteiger partial charge on any atom is 0.160 e. The van der Waals surface area contributed by atoms with Crippen LogP contribution in [0.15, 0.2) is 18.3 Å². The van der Waals surface area contributed by atoms with Crippen LogP contribution in [0.3, 0.4) is 0 Å². The van der Waals surface area contributed by atoms with Crippen LogP contribution in [0.4, 0.5) is 0 Å². The quantitative estimate of drug-likeness (QED) is 0.847. The van der Waals surface area contributed by atoms with Crippen molar-refractivity contribution in [3.05, 3.63) is 24.2 Å². The molecular formula is C16H21N3OS. The van der Waals surface area contributed by atoms with Crippen LogP contribution in [0.5, 0.6) is 0 Å². The number of imidazole rings is 1. The summed E-state index contributed by atoms with van der Waals surface area (Å²) in [6.07, 6.45) is 7.96. The minimum absolute atomic E-state index is 0.511. The molecule has 2 aromatic rings. The molecule has 5 heteroatoms. The van der Waals surface area contributed by atoms with Crippen molar-refractivity contribution >= 4 is 22.9 Å². The number of thioether (sulfide) groups is 1. The molecule has 0 amide bonds. The van der Waals surface area contributed by atoms with Gasteiger partial charge in [-0.3, -0.25) is 4.57 Å². The van der Waals surface area contributed by atoms with Crippen LogP contribution >= 0.6 is 11.8 Å². The first-order valence-electron chi connectivity index (χ1n) is 7.95. The molecule has 4 heterocycles. The Hall–Kier alpha value is -1.07. The standard InChI is InChI=1S/C16H21N3OS/c1-2-11-21-14(5-1)19-15(12-6-9-20-10-7-12)18-13-4-3-8-17-16(13)19/h3-4,8,12,14H,1-2,5-7,9-11H2. The van der Waals surface area contributed by atoms with Crippen molar-refractivity contribution in [3.63, 3.8) is 0 Å². The molecule has 21 heavy (non-hydrogen) atoms. The van der Waals surface area contributed by atoms with Crippen molar-refractivity contribution in [2.45, 2.75) is 43.4 Å². The Morgan fingerprint density at radius 2 is 2.10 bits per heavy atom. The molecular weight excluding hydrogens is 282 g/mol. The number of fused-ring (bicyclic) bond motifs is 1. The number of ether oxygens (including phenoxy) is 1. The number of hydrogen-bond donors (Lipinski definition) is 0. The zero-order chi connectivity index (χ0) is 14.1. The van der Waals surface area contributed by atoms with Crippen molar-refractivity contribution in [1.29, 1.82) is 0 Å². The largest absolute Gasteiger partial charge is 0.381 e. The molecule has 0 radical (unpaired) electrons. The number of rotatable bonds is 2. The van der Waals surface area contributed by atoms with Gasteiger partial charge in [-0.05, 0) is 50.0 Å². The summed E-state index contributed by atoms with van der Waals surface area (Å²) in [6.45, 7) is 1.72. The van der Waals surface area contributed by atoms with E-state index in [-0.39, 0.29) is 0 Å². The Balaban J connectivity index is 1.79. The van der Waals surface area contributed by atoms with Gasteiger partial charge in [-0.15, -0.1) is 11.8 Å². The summed E-state index contributed by atoms with van der Waals surface area (Å²) in [7, 11) is 0. The van der Waals surface area contributed by atoms with E-state index in [1.165, 1.54) is 30.8 Å². The third-order valence-corrected chi connectivity index (χ3v) is 5.86. The van der Waals surface area contributed by atoms with E-state index in [2.05, 4.69) is 27.4 Å². The normalized spacial score (nSPS) is 24.5. The fourth-order valence-corrected chi connectivity index (χ4v) is 4.74. The maximum absolute atomic E-state index is 5.52. The Kier molecular flexibility index (Phi) is 3.86. The van der Waals surface area contributed by atoms with Gasteiger partial charge in [-0.1, -0.05) is 0 Å². The summed E-state index contributed by atoms with van der Waals surface area (Å²) in [5.41, 5.74) is 2.11. The van der Waals surface area contributed by atoms with Crippen LogP contribution in [0.1, 0.15) is 49.2 Å². The lowest BCUT2D eigenvalue weighted by atomic mass is 9.99. The van der Waals surface area contributed by atoms with Gasteiger partial charge in [0.2, 0.25) is 0 Å². The fraction of sp³-hybridized carbons (Fsp3) is 0.625. The molecule has 2 aliphatic rings. The topological polar surface area (TPSA) is 39.9 Å². The summed E-state index contributed by atoms with van der Waals surface area (Å²) < 4.78 is 7.96. The van der Waals surface area contributed by atoms with E-state index < -0.39 is 0 Å². The predicted molar refractivity (Wildman–Crippen MR) is 85.7 cm³/mol. The second-order valence-corrected chi connectivity index (χ2v) is 7.18. The number of nitrogens with zero attached hydrogens (tertiary/aromatic N) is 3. The molecule has 2 aliphatic heterocycles. The van der Waals surface area contributed by atoms with E-state index in [1.54, 1.807) is 0 Å². The number of hydrogen-bond acceptors (Lipinski definition) is 4. The molecule has 0 aliphatic carbocycles. The van der Waals surface area contributed by atoms with Crippen LogP contribution in [-0.2, 0) is 4.74 Å². The molecule has 2 saturated heterocycles. The zero-order valence-corrected chi connectivity index (χ0v) is 13.0. The third-order valence-electron chi connectivity index (χ3n) is 4.51. The van der Waals surface area contributed by atoms with E-state index in [0.717, 1.165) is 37.2 Å². The van der Waals surface area contributed by atoms with Crippen LogP contribution in [0.25, 0.3) is 11.2 Å². The Morgan fingerprint density at radius 3 is 2.90 bits per heavy atom. The Morgan fingerprint density at radius 1 is 1.19 bits per heavy atom. The molecule has 0 saturated carbocycles. The molecule has 2 fully saturated rings.